The predicted octanol–water partition coefficient (Wildman–Crippen LogP) is 5.24. The summed E-state index contributed by atoms with van der Waals surface area (Å²) < 4.78 is 1.76. The molecule has 2 aromatic heterocycles. The summed E-state index contributed by atoms with van der Waals surface area (Å²) in [5, 5.41) is 8.83. The van der Waals surface area contributed by atoms with Gasteiger partial charge in [0, 0.05) is 34.4 Å². The lowest BCUT2D eigenvalue weighted by Crippen LogP contribution is -2.27. The Hall–Kier alpha value is -2.89. The predicted molar refractivity (Wildman–Crippen MR) is 120 cm³/mol. The summed E-state index contributed by atoms with van der Waals surface area (Å²) in [5.74, 6) is -0.178. The average Bonchev–Trinajstić information content (AvgIpc) is 3.19. The largest absolute Gasteiger partial charge is 0.352 e. The number of hydrogen-bond donors (Lipinski definition) is 1. The van der Waals surface area contributed by atoms with Crippen molar-refractivity contribution >= 4 is 34.8 Å². The van der Waals surface area contributed by atoms with Crippen LogP contribution in [0.2, 0.25) is 10.0 Å². The van der Waals surface area contributed by atoms with E-state index in [1.54, 1.807) is 22.8 Å². The Bertz CT molecular complexity index is 1200. The van der Waals surface area contributed by atoms with E-state index in [9.17, 15) is 4.79 Å². The maximum atomic E-state index is 12.8. The third-order valence-corrected chi connectivity index (χ3v) is 5.51. The molecule has 4 aromatic rings. The van der Waals surface area contributed by atoms with Gasteiger partial charge in [-0.15, -0.1) is 0 Å². The smallest absolute Gasteiger partial charge is 0.254 e. The van der Waals surface area contributed by atoms with Crippen LogP contribution in [-0.2, 0) is 12.8 Å². The molecule has 30 heavy (non-hydrogen) atoms. The maximum absolute atomic E-state index is 12.8. The molecule has 4 rings (SSSR count). The van der Waals surface area contributed by atoms with Crippen molar-refractivity contribution < 1.29 is 4.79 Å². The van der Waals surface area contributed by atoms with Crippen LogP contribution >= 0.6 is 23.2 Å². The number of amides is 1. The second-order valence-corrected chi connectivity index (χ2v) is 7.72. The molecule has 2 aromatic carbocycles. The van der Waals surface area contributed by atoms with E-state index in [4.69, 9.17) is 23.2 Å². The minimum absolute atomic E-state index is 0.178. The van der Waals surface area contributed by atoms with E-state index in [1.165, 1.54) is 0 Å². The molecule has 1 amide bonds. The standard InChI is InChI=1S/C23H20Cl2N4O/c1-2-21-18(23(30)26-11-10-15-8-9-17(24)12-19(15)25)14-27-22-13-20(28-29(21)22)16-6-4-3-5-7-16/h3-9,12-14H,2,10-11H2,1H3,(H,26,30). The van der Waals surface area contributed by atoms with Crippen LogP contribution in [0.3, 0.4) is 0 Å². The minimum atomic E-state index is -0.178. The molecule has 0 radical (unpaired) electrons. The van der Waals surface area contributed by atoms with Crippen molar-refractivity contribution in [2.45, 2.75) is 19.8 Å². The van der Waals surface area contributed by atoms with Gasteiger partial charge in [-0.3, -0.25) is 4.79 Å². The highest BCUT2D eigenvalue weighted by atomic mass is 35.5. The Morgan fingerprint density at radius 1 is 1.10 bits per heavy atom. The molecule has 152 valence electrons. The van der Waals surface area contributed by atoms with E-state index in [-0.39, 0.29) is 5.91 Å². The molecule has 0 aliphatic rings. The van der Waals surface area contributed by atoms with E-state index in [0.29, 0.717) is 35.0 Å². The Morgan fingerprint density at radius 3 is 2.63 bits per heavy atom. The number of aromatic nitrogens is 3. The lowest BCUT2D eigenvalue weighted by Gasteiger charge is -2.11. The van der Waals surface area contributed by atoms with Crippen LogP contribution < -0.4 is 5.32 Å². The fraction of sp³-hybridized carbons (Fsp3) is 0.174. The molecule has 0 aliphatic carbocycles. The van der Waals surface area contributed by atoms with E-state index >= 15 is 0 Å². The number of nitrogens with zero attached hydrogens (tertiary/aromatic N) is 3. The van der Waals surface area contributed by atoms with Crippen molar-refractivity contribution in [3.05, 3.63) is 87.7 Å². The van der Waals surface area contributed by atoms with Gasteiger partial charge in [0.2, 0.25) is 0 Å². The molecular weight excluding hydrogens is 419 g/mol. The van der Waals surface area contributed by atoms with Crippen molar-refractivity contribution in [3.8, 4) is 11.3 Å². The average molecular weight is 439 g/mol. The molecule has 1 N–H and O–H groups in total. The number of nitrogens with one attached hydrogen (secondary N) is 1. The highest BCUT2D eigenvalue weighted by molar-refractivity contribution is 6.35. The Kier molecular flexibility index (Phi) is 6.02. The van der Waals surface area contributed by atoms with E-state index < -0.39 is 0 Å². The zero-order valence-corrected chi connectivity index (χ0v) is 17.9. The number of carbonyl (C=O) groups excluding carboxylic acids is 1. The molecule has 0 unspecified atom stereocenters. The van der Waals surface area contributed by atoms with Gasteiger partial charge < -0.3 is 5.32 Å². The molecule has 0 aliphatic heterocycles. The molecule has 5 nitrogen and oxygen atoms in total. The fourth-order valence-corrected chi connectivity index (χ4v) is 3.89. The number of carbonyl (C=O) groups is 1. The molecule has 7 heteroatoms. The van der Waals surface area contributed by atoms with Crippen LogP contribution in [0.4, 0.5) is 0 Å². The molecule has 0 bridgehead atoms. The molecule has 0 fully saturated rings. The first-order valence-electron chi connectivity index (χ1n) is 9.72. The van der Waals surface area contributed by atoms with Gasteiger partial charge in [0.1, 0.15) is 0 Å². The summed E-state index contributed by atoms with van der Waals surface area (Å²) in [4.78, 5) is 17.3. The first-order valence-corrected chi connectivity index (χ1v) is 10.5. The number of halogens is 2. The van der Waals surface area contributed by atoms with Crippen LogP contribution in [0.15, 0.2) is 60.8 Å². The molecule has 0 saturated heterocycles. The van der Waals surface area contributed by atoms with Gasteiger partial charge >= 0.3 is 0 Å². The molecule has 0 saturated carbocycles. The third-order valence-electron chi connectivity index (χ3n) is 4.93. The first-order chi connectivity index (χ1) is 14.6. The lowest BCUT2D eigenvalue weighted by molar-refractivity contribution is 0.0952. The normalized spacial score (nSPS) is 11.0. The Morgan fingerprint density at radius 2 is 1.90 bits per heavy atom. The van der Waals surface area contributed by atoms with Crippen LogP contribution in [0.1, 0.15) is 28.5 Å². The quantitative estimate of drug-likeness (QED) is 0.447. The van der Waals surface area contributed by atoms with Crippen molar-refractivity contribution in [2.24, 2.45) is 0 Å². The number of fused-ring (bicyclic) bond motifs is 1. The summed E-state index contributed by atoms with van der Waals surface area (Å²) in [6.45, 7) is 2.46. The molecule has 0 spiro atoms. The second kappa shape index (κ2) is 8.86. The van der Waals surface area contributed by atoms with Gasteiger partial charge in [-0.1, -0.05) is 66.5 Å². The van der Waals surface area contributed by atoms with Gasteiger partial charge in [0.25, 0.3) is 5.91 Å². The van der Waals surface area contributed by atoms with Crippen molar-refractivity contribution in [1.82, 2.24) is 19.9 Å². The number of rotatable bonds is 6. The number of benzene rings is 2. The molecule has 0 atom stereocenters. The second-order valence-electron chi connectivity index (χ2n) is 6.88. The Balaban J connectivity index is 1.55. The highest BCUT2D eigenvalue weighted by Crippen LogP contribution is 2.22. The minimum Gasteiger partial charge on any atom is -0.352 e. The van der Waals surface area contributed by atoms with Gasteiger partial charge in [-0.2, -0.15) is 5.10 Å². The van der Waals surface area contributed by atoms with Gasteiger partial charge in [-0.05, 0) is 30.5 Å². The third kappa shape index (κ3) is 4.18. The summed E-state index contributed by atoms with van der Waals surface area (Å²) in [6, 6.07) is 17.2. The zero-order chi connectivity index (χ0) is 21.1. The topological polar surface area (TPSA) is 59.3 Å². The lowest BCUT2D eigenvalue weighted by atomic mass is 10.1. The van der Waals surface area contributed by atoms with E-state index in [2.05, 4.69) is 15.4 Å². The van der Waals surface area contributed by atoms with E-state index in [0.717, 1.165) is 28.2 Å². The van der Waals surface area contributed by atoms with E-state index in [1.807, 2.05) is 49.4 Å². The first kappa shape index (κ1) is 20.4. The summed E-state index contributed by atoms with van der Waals surface area (Å²) in [5.41, 5.74) is 4.84. The maximum Gasteiger partial charge on any atom is 0.254 e. The summed E-state index contributed by atoms with van der Waals surface area (Å²) in [6.07, 6.45) is 2.88. The number of hydrogen-bond acceptors (Lipinski definition) is 3. The van der Waals surface area contributed by atoms with Gasteiger partial charge in [0.15, 0.2) is 5.65 Å². The van der Waals surface area contributed by atoms with Gasteiger partial charge in [0.05, 0.1) is 17.0 Å². The van der Waals surface area contributed by atoms with Crippen molar-refractivity contribution in [1.29, 1.82) is 0 Å². The monoisotopic (exact) mass is 438 g/mol. The van der Waals surface area contributed by atoms with Crippen molar-refractivity contribution in [2.75, 3.05) is 6.54 Å². The van der Waals surface area contributed by atoms with Crippen LogP contribution in [0.25, 0.3) is 16.9 Å². The molecule has 2 heterocycles. The van der Waals surface area contributed by atoms with Crippen LogP contribution in [0, 0.1) is 0 Å². The zero-order valence-electron chi connectivity index (χ0n) is 16.4. The molecular formula is C23H20Cl2N4O. The highest BCUT2D eigenvalue weighted by Gasteiger charge is 2.16. The SMILES string of the molecule is CCc1c(C(=O)NCCc2ccc(Cl)cc2Cl)cnc2cc(-c3ccccc3)nn12. The number of aryl methyl sites for hydroxylation is 1. The van der Waals surface area contributed by atoms with Gasteiger partial charge in [-0.25, -0.2) is 9.50 Å². The summed E-state index contributed by atoms with van der Waals surface area (Å²) in [7, 11) is 0. The fourth-order valence-electron chi connectivity index (χ4n) is 3.39. The van der Waals surface area contributed by atoms with Crippen LogP contribution in [0.5, 0.6) is 0 Å². The van der Waals surface area contributed by atoms with Crippen LogP contribution in [-0.4, -0.2) is 27.0 Å². The van der Waals surface area contributed by atoms with Crippen molar-refractivity contribution in [3.63, 3.8) is 0 Å². The summed E-state index contributed by atoms with van der Waals surface area (Å²) >= 11 is 12.1. The Labute approximate surface area is 184 Å².